The molecule has 1 aliphatic heterocycles. The first-order valence-corrected chi connectivity index (χ1v) is 7.85. The first-order valence-electron chi connectivity index (χ1n) is 7.85. The highest BCUT2D eigenvalue weighted by molar-refractivity contribution is 5.90. The average molecular weight is 303 g/mol. The monoisotopic (exact) mass is 303 g/mol. The van der Waals surface area contributed by atoms with E-state index in [0.717, 1.165) is 31.6 Å². The van der Waals surface area contributed by atoms with Crippen molar-refractivity contribution in [2.45, 2.75) is 38.6 Å². The summed E-state index contributed by atoms with van der Waals surface area (Å²) in [4.78, 5) is 10.7. The van der Waals surface area contributed by atoms with Crippen molar-refractivity contribution in [2.75, 3.05) is 18.1 Å². The Morgan fingerprint density at radius 3 is 2.91 bits per heavy atom. The number of fused-ring (bicyclic) bond motifs is 1. The van der Waals surface area contributed by atoms with Gasteiger partial charge in [-0.3, -0.25) is 0 Å². The molecule has 0 radical (unpaired) electrons. The fourth-order valence-electron chi connectivity index (χ4n) is 3.72. The van der Waals surface area contributed by atoms with E-state index in [4.69, 9.17) is 0 Å². The van der Waals surface area contributed by atoms with Crippen LogP contribution in [0.2, 0.25) is 0 Å². The Morgan fingerprint density at radius 2 is 2.18 bits per heavy atom. The van der Waals surface area contributed by atoms with Gasteiger partial charge in [0.1, 0.15) is 23.5 Å². The summed E-state index contributed by atoms with van der Waals surface area (Å²) in [5.41, 5.74) is 0.0395. The molecule has 1 saturated heterocycles. The first-order chi connectivity index (χ1) is 10.6. The summed E-state index contributed by atoms with van der Waals surface area (Å²) in [7, 11) is 0. The average Bonchev–Trinajstić information content (AvgIpc) is 2.90. The lowest BCUT2D eigenvalue weighted by Gasteiger charge is -2.39. The van der Waals surface area contributed by atoms with E-state index >= 15 is 0 Å². The minimum Gasteiger partial charge on any atom is -0.394 e. The maximum atomic E-state index is 14.0. The van der Waals surface area contributed by atoms with Crippen molar-refractivity contribution in [1.29, 1.82) is 0 Å². The maximum Gasteiger partial charge on any atom is 0.149 e. The van der Waals surface area contributed by atoms with Gasteiger partial charge in [-0.25, -0.2) is 14.4 Å². The van der Waals surface area contributed by atoms with Crippen LogP contribution in [0.5, 0.6) is 0 Å². The smallest absolute Gasteiger partial charge is 0.149 e. The molecule has 5 heteroatoms. The molecule has 22 heavy (non-hydrogen) atoms. The molecule has 0 spiro atoms. The molecule has 1 aromatic carbocycles. The van der Waals surface area contributed by atoms with E-state index in [1.54, 1.807) is 6.07 Å². The second kappa shape index (κ2) is 5.80. The van der Waals surface area contributed by atoms with Gasteiger partial charge in [0.05, 0.1) is 12.1 Å². The van der Waals surface area contributed by atoms with E-state index < -0.39 is 0 Å². The summed E-state index contributed by atoms with van der Waals surface area (Å²) in [5, 5.41) is 10.8. The van der Waals surface area contributed by atoms with Crippen LogP contribution in [0.4, 0.5) is 10.2 Å². The third kappa shape index (κ3) is 2.43. The van der Waals surface area contributed by atoms with Gasteiger partial charge in [0.25, 0.3) is 0 Å². The molecule has 1 aromatic heterocycles. The van der Waals surface area contributed by atoms with E-state index in [9.17, 15) is 9.50 Å². The van der Waals surface area contributed by atoms with Crippen LogP contribution in [0.15, 0.2) is 24.5 Å². The van der Waals surface area contributed by atoms with Crippen LogP contribution in [-0.2, 0) is 0 Å². The number of nitrogens with zero attached hydrogens (tertiary/aromatic N) is 3. The molecule has 1 aliphatic rings. The minimum absolute atomic E-state index is 0.0893. The van der Waals surface area contributed by atoms with Crippen molar-refractivity contribution in [3.05, 3.63) is 30.3 Å². The topological polar surface area (TPSA) is 49.2 Å². The molecule has 1 fully saturated rings. The Morgan fingerprint density at radius 1 is 1.36 bits per heavy atom. The lowest BCUT2D eigenvalue weighted by molar-refractivity contribution is 0.175. The van der Waals surface area contributed by atoms with Crippen LogP contribution in [0, 0.1) is 11.7 Å². The van der Waals surface area contributed by atoms with Gasteiger partial charge in [-0.1, -0.05) is 19.9 Å². The fraction of sp³-hybridized carbons (Fsp3) is 0.529. The summed E-state index contributed by atoms with van der Waals surface area (Å²) >= 11 is 0. The van der Waals surface area contributed by atoms with E-state index in [2.05, 4.69) is 28.7 Å². The predicted octanol–water partition coefficient (Wildman–Crippen LogP) is 3.15. The van der Waals surface area contributed by atoms with Gasteiger partial charge in [0.2, 0.25) is 0 Å². The first kappa shape index (κ1) is 15.2. The van der Waals surface area contributed by atoms with Gasteiger partial charge in [-0.15, -0.1) is 0 Å². The highest BCUT2D eigenvalue weighted by Crippen LogP contribution is 2.39. The molecule has 118 valence electrons. The molecule has 2 heterocycles. The van der Waals surface area contributed by atoms with Gasteiger partial charge >= 0.3 is 0 Å². The largest absolute Gasteiger partial charge is 0.394 e. The molecule has 0 saturated carbocycles. The quantitative estimate of drug-likeness (QED) is 0.942. The van der Waals surface area contributed by atoms with Crippen molar-refractivity contribution in [1.82, 2.24) is 9.97 Å². The zero-order valence-corrected chi connectivity index (χ0v) is 13.1. The van der Waals surface area contributed by atoms with E-state index in [1.807, 2.05) is 6.07 Å². The predicted molar refractivity (Wildman–Crippen MR) is 85.3 cm³/mol. The fourth-order valence-corrected chi connectivity index (χ4v) is 3.72. The normalized spacial score (nSPS) is 22.0. The summed E-state index contributed by atoms with van der Waals surface area (Å²) in [5.74, 6) is 0.869. The number of hydrogen-bond donors (Lipinski definition) is 1. The summed E-state index contributed by atoms with van der Waals surface area (Å²) in [6.07, 6.45) is 4.25. The maximum absolute atomic E-state index is 14.0. The van der Waals surface area contributed by atoms with Gasteiger partial charge in [-0.2, -0.15) is 0 Å². The highest BCUT2D eigenvalue weighted by atomic mass is 19.1. The molecule has 2 aromatic rings. The van der Waals surface area contributed by atoms with Gasteiger partial charge < -0.3 is 10.0 Å². The zero-order chi connectivity index (χ0) is 15.7. The number of aliphatic hydroxyl groups excluding tert-OH is 1. The Balaban J connectivity index is 2.12. The molecule has 3 rings (SSSR count). The Hall–Kier alpha value is -1.75. The van der Waals surface area contributed by atoms with E-state index in [1.165, 1.54) is 12.4 Å². The number of aliphatic hydroxyl groups is 1. The van der Waals surface area contributed by atoms with Crippen molar-refractivity contribution < 1.29 is 9.50 Å². The number of aromatic nitrogens is 2. The molecular weight excluding hydrogens is 281 g/mol. The van der Waals surface area contributed by atoms with Crippen LogP contribution < -0.4 is 4.90 Å². The zero-order valence-electron chi connectivity index (χ0n) is 13.1. The third-order valence-electron chi connectivity index (χ3n) is 4.53. The number of anilines is 1. The number of benzene rings is 1. The van der Waals surface area contributed by atoms with Crippen LogP contribution >= 0.6 is 0 Å². The second-order valence-electron chi connectivity index (χ2n) is 6.57. The third-order valence-corrected chi connectivity index (χ3v) is 4.53. The van der Waals surface area contributed by atoms with Gasteiger partial charge in [0.15, 0.2) is 0 Å². The Labute approximate surface area is 130 Å². The van der Waals surface area contributed by atoms with E-state index in [0.29, 0.717) is 16.8 Å². The van der Waals surface area contributed by atoms with Crippen LogP contribution in [0.3, 0.4) is 0 Å². The minimum atomic E-state index is -0.334. The molecule has 4 nitrogen and oxygen atoms in total. The van der Waals surface area contributed by atoms with Crippen LogP contribution in [0.25, 0.3) is 10.9 Å². The van der Waals surface area contributed by atoms with Crippen molar-refractivity contribution in [3.63, 3.8) is 0 Å². The summed E-state index contributed by atoms with van der Waals surface area (Å²) in [6, 6.07) is 4.95. The second-order valence-corrected chi connectivity index (χ2v) is 6.57. The molecule has 1 atom stereocenters. The van der Waals surface area contributed by atoms with Crippen LogP contribution in [0.1, 0.15) is 33.1 Å². The molecule has 1 N–H and O–H groups in total. The molecular formula is C17H22FN3O. The lowest BCUT2D eigenvalue weighted by atomic mass is 9.87. The van der Waals surface area contributed by atoms with Gasteiger partial charge in [0, 0.05) is 11.9 Å². The van der Waals surface area contributed by atoms with Crippen molar-refractivity contribution in [3.8, 4) is 0 Å². The highest BCUT2D eigenvalue weighted by Gasteiger charge is 2.42. The molecule has 0 aliphatic carbocycles. The number of halogens is 1. The molecule has 0 bridgehead atoms. The van der Waals surface area contributed by atoms with E-state index in [-0.39, 0.29) is 18.0 Å². The van der Waals surface area contributed by atoms with Crippen molar-refractivity contribution >= 4 is 16.7 Å². The number of rotatable bonds is 4. The number of para-hydroxylation sites is 1. The number of hydrogen-bond acceptors (Lipinski definition) is 4. The molecule has 1 unspecified atom stereocenters. The SMILES string of the molecule is CC(C)CC1(CO)CCCN1c1ncnc2c(F)cccc12. The standard InChI is InChI=1S/C17H22FN3O/c1-12(2)9-17(10-22)7-4-8-21(17)16-13-5-3-6-14(18)15(13)19-11-20-16/h3,5-6,11-12,22H,4,7-10H2,1-2H3. The molecule has 0 amide bonds. The Kier molecular flexibility index (Phi) is 4.00. The van der Waals surface area contributed by atoms with Crippen molar-refractivity contribution in [2.24, 2.45) is 5.92 Å². The van der Waals surface area contributed by atoms with Gasteiger partial charge in [-0.05, 0) is 37.3 Å². The summed E-state index contributed by atoms with van der Waals surface area (Å²) in [6.45, 7) is 5.24. The lowest BCUT2D eigenvalue weighted by Crippen LogP contribution is -2.48. The van der Waals surface area contributed by atoms with Crippen LogP contribution in [-0.4, -0.2) is 33.8 Å². The Bertz CT molecular complexity index is 676. The summed E-state index contributed by atoms with van der Waals surface area (Å²) < 4.78 is 14.0.